The second-order valence-corrected chi connectivity index (χ2v) is 6.02. The van der Waals surface area contributed by atoms with E-state index < -0.39 is 18.0 Å². The van der Waals surface area contributed by atoms with Crippen LogP contribution < -0.4 is 10.6 Å². The van der Waals surface area contributed by atoms with Crippen LogP contribution in [0.25, 0.3) is 0 Å². The van der Waals surface area contributed by atoms with Gasteiger partial charge in [-0.25, -0.2) is 9.59 Å². The molecule has 0 heterocycles. The fourth-order valence-electron chi connectivity index (χ4n) is 1.61. The summed E-state index contributed by atoms with van der Waals surface area (Å²) in [5.41, 5.74) is 0. The van der Waals surface area contributed by atoms with Gasteiger partial charge in [0.15, 0.2) is 0 Å². The molecule has 0 aromatic heterocycles. The van der Waals surface area contributed by atoms with Gasteiger partial charge in [-0.3, -0.25) is 4.79 Å². The van der Waals surface area contributed by atoms with Gasteiger partial charge in [0, 0.05) is 13.6 Å². The highest BCUT2D eigenvalue weighted by atomic mass is 16.4. The molecule has 0 radical (unpaired) electrons. The van der Waals surface area contributed by atoms with Gasteiger partial charge in [-0.1, -0.05) is 27.7 Å². The van der Waals surface area contributed by atoms with Crippen LogP contribution in [0.1, 0.15) is 34.1 Å². The van der Waals surface area contributed by atoms with Gasteiger partial charge >= 0.3 is 12.0 Å². The smallest absolute Gasteiger partial charge is 0.326 e. The molecule has 0 rings (SSSR count). The van der Waals surface area contributed by atoms with Crippen molar-refractivity contribution in [3.8, 4) is 0 Å². The summed E-state index contributed by atoms with van der Waals surface area (Å²) < 4.78 is 0. The highest BCUT2D eigenvalue weighted by molar-refractivity contribution is 5.86. The lowest BCUT2D eigenvalue weighted by molar-refractivity contribution is -0.139. The first-order valence-corrected chi connectivity index (χ1v) is 7.14. The third kappa shape index (κ3) is 8.88. The molecule has 0 aliphatic rings. The first kappa shape index (κ1) is 19.2. The Hall–Kier alpha value is -1.79. The third-order valence-corrected chi connectivity index (χ3v) is 2.74. The van der Waals surface area contributed by atoms with E-state index >= 15 is 0 Å². The monoisotopic (exact) mass is 301 g/mol. The van der Waals surface area contributed by atoms with E-state index in [1.165, 1.54) is 11.9 Å². The lowest BCUT2D eigenvalue weighted by Gasteiger charge is -2.22. The average molecular weight is 301 g/mol. The molecule has 0 saturated heterocycles. The van der Waals surface area contributed by atoms with Crippen LogP contribution in [0, 0.1) is 11.8 Å². The van der Waals surface area contributed by atoms with Crippen LogP contribution in [0.4, 0.5) is 4.79 Å². The van der Waals surface area contributed by atoms with Crippen LogP contribution in [0.3, 0.4) is 0 Å². The maximum absolute atomic E-state index is 11.9. The van der Waals surface area contributed by atoms with Crippen molar-refractivity contribution in [2.45, 2.75) is 40.2 Å². The molecule has 0 fully saturated rings. The summed E-state index contributed by atoms with van der Waals surface area (Å²) in [6, 6.07) is -1.51. The van der Waals surface area contributed by atoms with Crippen molar-refractivity contribution in [3.63, 3.8) is 0 Å². The molecule has 0 aromatic carbocycles. The Kier molecular flexibility index (Phi) is 8.42. The molecular formula is C14H27N3O4. The first-order valence-electron chi connectivity index (χ1n) is 7.14. The van der Waals surface area contributed by atoms with Crippen molar-refractivity contribution < 1.29 is 19.5 Å². The molecule has 0 bridgehead atoms. The topological polar surface area (TPSA) is 98.7 Å². The highest BCUT2D eigenvalue weighted by Gasteiger charge is 2.23. The number of urea groups is 1. The Bertz CT molecular complexity index is 369. The Morgan fingerprint density at radius 2 is 1.67 bits per heavy atom. The minimum absolute atomic E-state index is 0.105. The van der Waals surface area contributed by atoms with Gasteiger partial charge in [0.1, 0.15) is 12.6 Å². The third-order valence-electron chi connectivity index (χ3n) is 2.74. The summed E-state index contributed by atoms with van der Waals surface area (Å²) in [4.78, 5) is 35.7. The Labute approximate surface area is 126 Å². The molecule has 3 amide bonds. The van der Waals surface area contributed by atoms with Crippen LogP contribution in [0.15, 0.2) is 0 Å². The van der Waals surface area contributed by atoms with Gasteiger partial charge in [-0.15, -0.1) is 0 Å². The zero-order valence-electron chi connectivity index (χ0n) is 13.5. The maximum Gasteiger partial charge on any atom is 0.326 e. The number of carboxylic acids is 1. The summed E-state index contributed by atoms with van der Waals surface area (Å²) >= 11 is 0. The molecule has 0 aliphatic heterocycles. The first-order chi connectivity index (χ1) is 9.63. The molecule has 3 N–H and O–H groups in total. The van der Waals surface area contributed by atoms with Gasteiger partial charge in [0.2, 0.25) is 5.91 Å². The van der Waals surface area contributed by atoms with E-state index in [-0.39, 0.29) is 18.4 Å². The van der Waals surface area contributed by atoms with Crippen molar-refractivity contribution in [2.75, 3.05) is 20.1 Å². The minimum atomic E-state index is -1.07. The number of aliphatic carboxylic acids is 1. The zero-order chi connectivity index (χ0) is 16.6. The standard InChI is InChI=1S/C14H27N3O4/c1-9(2)6-11(13(19)20)16-14(21)17(5)8-12(18)15-7-10(3)4/h9-11H,6-8H2,1-5H3,(H,15,18)(H,16,21)(H,19,20). The predicted molar refractivity (Wildman–Crippen MR) is 79.9 cm³/mol. The number of nitrogens with one attached hydrogen (secondary N) is 2. The summed E-state index contributed by atoms with van der Waals surface area (Å²) in [7, 11) is 1.46. The summed E-state index contributed by atoms with van der Waals surface area (Å²) in [5.74, 6) is -0.867. The van der Waals surface area contributed by atoms with Gasteiger partial charge in [0.25, 0.3) is 0 Å². The summed E-state index contributed by atoms with van der Waals surface area (Å²) in [6.45, 7) is 8.14. The number of hydrogen-bond donors (Lipinski definition) is 3. The minimum Gasteiger partial charge on any atom is -0.480 e. The van der Waals surface area contributed by atoms with Crippen molar-refractivity contribution in [1.29, 1.82) is 0 Å². The van der Waals surface area contributed by atoms with Crippen molar-refractivity contribution in [3.05, 3.63) is 0 Å². The zero-order valence-corrected chi connectivity index (χ0v) is 13.5. The number of carbonyl (C=O) groups excluding carboxylic acids is 2. The SMILES string of the molecule is CC(C)CNC(=O)CN(C)C(=O)NC(CC(C)C)C(=O)O. The molecule has 7 nitrogen and oxygen atoms in total. The largest absolute Gasteiger partial charge is 0.480 e. The van der Waals surface area contributed by atoms with Crippen molar-refractivity contribution in [1.82, 2.24) is 15.5 Å². The lowest BCUT2D eigenvalue weighted by Crippen LogP contribution is -2.49. The number of carbonyl (C=O) groups is 3. The normalized spacial score (nSPS) is 12.1. The fourth-order valence-corrected chi connectivity index (χ4v) is 1.61. The number of likely N-dealkylation sites (N-methyl/N-ethyl adjacent to an activating group) is 1. The molecule has 0 saturated carbocycles. The van der Waals surface area contributed by atoms with E-state index in [9.17, 15) is 14.4 Å². The molecule has 0 aliphatic carbocycles. The van der Waals surface area contributed by atoms with E-state index in [1.807, 2.05) is 27.7 Å². The van der Waals surface area contributed by atoms with Crippen LogP contribution in [0.2, 0.25) is 0 Å². The summed E-state index contributed by atoms with van der Waals surface area (Å²) in [6.07, 6.45) is 0.342. The number of rotatable bonds is 8. The second kappa shape index (κ2) is 9.20. The second-order valence-electron chi connectivity index (χ2n) is 6.02. The molecule has 122 valence electrons. The highest BCUT2D eigenvalue weighted by Crippen LogP contribution is 2.05. The van der Waals surface area contributed by atoms with Crippen LogP contribution in [-0.4, -0.2) is 54.1 Å². The van der Waals surface area contributed by atoms with E-state index in [4.69, 9.17) is 5.11 Å². The number of hydrogen-bond acceptors (Lipinski definition) is 3. The van der Waals surface area contributed by atoms with Gasteiger partial charge < -0.3 is 20.6 Å². The van der Waals surface area contributed by atoms with Gasteiger partial charge in [0.05, 0.1) is 0 Å². The molecule has 1 unspecified atom stereocenters. The quantitative estimate of drug-likeness (QED) is 0.620. The Morgan fingerprint density at radius 1 is 1.10 bits per heavy atom. The molecule has 0 spiro atoms. The van der Waals surface area contributed by atoms with Crippen molar-refractivity contribution >= 4 is 17.9 Å². The summed E-state index contributed by atoms with van der Waals surface area (Å²) in [5, 5.41) is 14.2. The number of nitrogens with zero attached hydrogens (tertiary/aromatic N) is 1. The van der Waals surface area contributed by atoms with E-state index in [0.29, 0.717) is 18.9 Å². The van der Waals surface area contributed by atoms with Crippen LogP contribution >= 0.6 is 0 Å². The fraction of sp³-hybridized carbons (Fsp3) is 0.786. The van der Waals surface area contributed by atoms with Crippen LogP contribution in [-0.2, 0) is 9.59 Å². The Morgan fingerprint density at radius 3 is 2.10 bits per heavy atom. The number of amides is 3. The predicted octanol–water partition coefficient (Wildman–Crippen LogP) is 0.899. The van der Waals surface area contributed by atoms with Crippen molar-refractivity contribution in [2.24, 2.45) is 11.8 Å². The van der Waals surface area contributed by atoms with Gasteiger partial charge in [-0.2, -0.15) is 0 Å². The lowest BCUT2D eigenvalue weighted by atomic mass is 10.0. The molecule has 21 heavy (non-hydrogen) atoms. The van der Waals surface area contributed by atoms with Crippen LogP contribution in [0.5, 0.6) is 0 Å². The molecule has 7 heteroatoms. The van der Waals surface area contributed by atoms with E-state index in [0.717, 1.165) is 0 Å². The molecule has 1 atom stereocenters. The van der Waals surface area contributed by atoms with E-state index in [1.54, 1.807) is 0 Å². The Balaban J connectivity index is 4.35. The van der Waals surface area contributed by atoms with Gasteiger partial charge in [-0.05, 0) is 18.3 Å². The van der Waals surface area contributed by atoms with E-state index in [2.05, 4.69) is 10.6 Å². The molecule has 0 aromatic rings. The molecular weight excluding hydrogens is 274 g/mol. The number of carboxylic acid groups (broad SMARTS) is 1. The maximum atomic E-state index is 11.9. The average Bonchev–Trinajstić information content (AvgIpc) is 2.34.